The van der Waals surface area contributed by atoms with Crippen molar-refractivity contribution in [2.45, 2.75) is 25.7 Å². The van der Waals surface area contributed by atoms with Gasteiger partial charge in [0.25, 0.3) is 0 Å². The molecule has 2 N–H and O–H groups in total. The van der Waals surface area contributed by atoms with Crippen LogP contribution in [0.25, 0.3) is 22.5 Å². The third-order valence-electron chi connectivity index (χ3n) is 8.12. The molecule has 0 bridgehead atoms. The van der Waals surface area contributed by atoms with Crippen LogP contribution in [0.15, 0.2) is 98.6 Å². The standard InChI is InChI=1S/C41H39N5O12/c1-4-32(47)54-19-7-6-18-53-31-16-14-27(15-17-31)36-42-24-30(25-43-36)40(52)58-35-34(37(49)46(3)38(35)50)57-39(51)28-12-10-26(11-13-28)29-22-44-41(45-23-29)56-21-9-8-20-55-33(48)5-2/h4-5,10-17,22-25,49-50H,1-2,6-9,18-21H2,3H3. The predicted octanol–water partition coefficient (Wildman–Crippen LogP) is 5.57. The lowest BCUT2D eigenvalue weighted by Crippen LogP contribution is -2.12. The zero-order valence-corrected chi connectivity index (χ0v) is 31.4. The zero-order valence-electron chi connectivity index (χ0n) is 31.4. The number of carbonyl (C=O) groups is 4. The number of rotatable bonds is 20. The molecule has 0 saturated carbocycles. The minimum Gasteiger partial charge on any atom is -0.494 e. The average molecular weight is 794 g/mol. The van der Waals surface area contributed by atoms with Gasteiger partial charge in [0.1, 0.15) is 5.75 Å². The van der Waals surface area contributed by atoms with Gasteiger partial charge in [0.2, 0.25) is 23.3 Å². The molecular weight excluding hydrogens is 754 g/mol. The first-order valence-electron chi connectivity index (χ1n) is 17.8. The lowest BCUT2D eigenvalue weighted by molar-refractivity contribution is -0.138. The number of ether oxygens (including phenoxy) is 6. The zero-order chi connectivity index (χ0) is 41.4. The fourth-order valence-corrected chi connectivity index (χ4v) is 4.94. The molecule has 0 aliphatic heterocycles. The number of nitrogens with zero attached hydrogens (tertiary/aromatic N) is 5. The van der Waals surface area contributed by atoms with Gasteiger partial charge in [-0.25, -0.2) is 39.1 Å². The Bertz CT molecular complexity index is 2060. The molecule has 0 amide bonds. The Morgan fingerprint density at radius 3 is 1.62 bits per heavy atom. The Hall–Kier alpha value is -7.56. The third kappa shape index (κ3) is 11.2. The summed E-state index contributed by atoms with van der Waals surface area (Å²) in [4.78, 5) is 65.3. The molecule has 3 heterocycles. The van der Waals surface area contributed by atoms with Gasteiger partial charge < -0.3 is 38.6 Å². The normalized spacial score (nSPS) is 10.6. The van der Waals surface area contributed by atoms with E-state index in [2.05, 4.69) is 33.1 Å². The van der Waals surface area contributed by atoms with Gasteiger partial charge in [-0.1, -0.05) is 25.3 Å². The van der Waals surface area contributed by atoms with E-state index in [4.69, 9.17) is 28.4 Å². The predicted molar refractivity (Wildman–Crippen MR) is 205 cm³/mol. The number of hydrogen-bond donors (Lipinski definition) is 2. The molecule has 3 aromatic heterocycles. The maximum Gasteiger partial charge on any atom is 0.347 e. The molecule has 5 rings (SSSR count). The molecule has 17 nitrogen and oxygen atoms in total. The summed E-state index contributed by atoms with van der Waals surface area (Å²) in [6.45, 7) is 7.97. The maximum absolute atomic E-state index is 13.1. The number of aromatic nitrogens is 5. The number of aromatic hydroxyl groups is 2. The second-order valence-corrected chi connectivity index (χ2v) is 12.1. The maximum atomic E-state index is 13.1. The van der Waals surface area contributed by atoms with E-state index in [1.165, 1.54) is 31.6 Å². The number of unbranched alkanes of at least 4 members (excludes halogenated alkanes) is 2. The van der Waals surface area contributed by atoms with Crippen molar-refractivity contribution >= 4 is 23.9 Å². The Morgan fingerprint density at radius 1 is 0.603 bits per heavy atom. The van der Waals surface area contributed by atoms with Gasteiger partial charge >= 0.3 is 29.9 Å². The van der Waals surface area contributed by atoms with E-state index >= 15 is 0 Å². The molecule has 0 atom stereocenters. The Labute approximate surface area is 332 Å². The number of carbonyl (C=O) groups excluding carboxylic acids is 4. The largest absolute Gasteiger partial charge is 0.494 e. The van der Waals surface area contributed by atoms with Crippen molar-refractivity contribution in [2.24, 2.45) is 7.05 Å². The first-order valence-corrected chi connectivity index (χ1v) is 17.8. The number of esters is 4. The minimum absolute atomic E-state index is 0.0794. The highest BCUT2D eigenvalue weighted by atomic mass is 16.6. The van der Waals surface area contributed by atoms with E-state index in [0.29, 0.717) is 67.2 Å². The monoisotopic (exact) mass is 793 g/mol. The van der Waals surface area contributed by atoms with Gasteiger partial charge in [0.15, 0.2) is 5.82 Å². The molecule has 17 heteroatoms. The van der Waals surface area contributed by atoms with E-state index in [0.717, 1.165) is 16.7 Å². The number of benzene rings is 2. The summed E-state index contributed by atoms with van der Waals surface area (Å²) in [7, 11) is 1.27. The van der Waals surface area contributed by atoms with Crippen LogP contribution >= 0.6 is 0 Å². The van der Waals surface area contributed by atoms with Crippen LogP contribution in [0.1, 0.15) is 46.4 Å². The van der Waals surface area contributed by atoms with Crippen LogP contribution in [0.4, 0.5) is 0 Å². The van der Waals surface area contributed by atoms with Gasteiger partial charge in [0.05, 0.1) is 37.6 Å². The van der Waals surface area contributed by atoms with Crippen molar-refractivity contribution in [1.82, 2.24) is 24.5 Å². The Kier molecular flexibility index (Phi) is 14.6. The van der Waals surface area contributed by atoms with Crippen molar-refractivity contribution in [3.05, 3.63) is 110 Å². The van der Waals surface area contributed by atoms with Crippen LogP contribution in [0.5, 0.6) is 35.0 Å². The Balaban J connectivity index is 1.14. The van der Waals surface area contributed by atoms with Crippen molar-refractivity contribution in [3.63, 3.8) is 0 Å². The highest BCUT2D eigenvalue weighted by Crippen LogP contribution is 2.47. The van der Waals surface area contributed by atoms with Gasteiger partial charge in [-0.15, -0.1) is 0 Å². The molecular formula is C41H39N5O12. The molecule has 58 heavy (non-hydrogen) atoms. The smallest absolute Gasteiger partial charge is 0.347 e. The Morgan fingerprint density at radius 2 is 1.09 bits per heavy atom. The van der Waals surface area contributed by atoms with E-state index < -0.39 is 47.1 Å². The van der Waals surface area contributed by atoms with Crippen LogP contribution in [0.3, 0.4) is 0 Å². The van der Waals surface area contributed by atoms with Crippen LogP contribution < -0.4 is 18.9 Å². The lowest BCUT2D eigenvalue weighted by atomic mass is 10.1. The fourth-order valence-electron chi connectivity index (χ4n) is 4.94. The average Bonchev–Trinajstić information content (AvgIpc) is 3.45. The van der Waals surface area contributed by atoms with Crippen LogP contribution in [-0.4, -0.2) is 85.0 Å². The minimum atomic E-state index is -0.998. The second-order valence-electron chi connectivity index (χ2n) is 12.1. The number of hydrogen-bond acceptors (Lipinski definition) is 16. The summed E-state index contributed by atoms with van der Waals surface area (Å²) in [5, 5.41) is 21.3. The second kappa shape index (κ2) is 20.4. The molecule has 0 fully saturated rings. The SMILES string of the molecule is C=CC(=O)OCCCCOc1ccc(-c2ncc(C(=O)Oc3c(OC(=O)c4ccc(-c5cnc(OCCCCOC(=O)C=C)nc5)cc4)c(O)n(C)c3O)cn2)cc1. The molecule has 0 spiro atoms. The van der Waals surface area contributed by atoms with E-state index in [1.54, 1.807) is 48.8 Å². The van der Waals surface area contributed by atoms with Crippen molar-refractivity contribution in [3.8, 4) is 57.5 Å². The van der Waals surface area contributed by atoms with Crippen LogP contribution in [-0.2, 0) is 26.1 Å². The van der Waals surface area contributed by atoms with Gasteiger partial charge in [-0.2, -0.15) is 0 Å². The van der Waals surface area contributed by atoms with Gasteiger partial charge in [0, 0.05) is 55.1 Å². The molecule has 2 aromatic carbocycles. The summed E-state index contributed by atoms with van der Waals surface area (Å²) in [6, 6.07) is 13.4. The molecule has 0 radical (unpaired) electrons. The van der Waals surface area contributed by atoms with Gasteiger partial charge in [-0.05, 0) is 67.6 Å². The van der Waals surface area contributed by atoms with Crippen molar-refractivity contribution in [1.29, 1.82) is 0 Å². The summed E-state index contributed by atoms with van der Waals surface area (Å²) in [5.74, 6) is -4.47. The first kappa shape index (κ1) is 41.6. The molecule has 0 aliphatic carbocycles. The van der Waals surface area contributed by atoms with E-state index in [1.807, 2.05) is 0 Å². The van der Waals surface area contributed by atoms with E-state index in [-0.39, 0.29) is 30.4 Å². The molecule has 5 aromatic rings. The van der Waals surface area contributed by atoms with E-state index in [9.17, 15) is 29.4 Å². The molecule has 300 valence electrons. The summed E-state index contributed by atoms with van der Waals surface area (Å²) in [6.07, 6.45) is 10.3. The van der Waals surface area contributed by atoms with Crippen LogP contribution in [0.2, 0.25) is 0 Å². The molecule has 0 saturated heterocycles. The summed E-state index contributed by atoms with van der Waals surface area (Å²) in [5.41, 5.74) is 1.94. The molecule has 0 unspecified atom stereocenters. The first-order chi connectivity index (χ1) is 28.1. The summed E-state index contributed by atoms with van der Waals surface area (Å²) < 4.78 is 32.7. The van der Waals surface area contributed by atoms with Crippen LogP contribution in [0, 0.1) is 0 Å². The quantitative estimate of drug-likeness (QED) is 0.0559. The van der Waals surface area contributed by atoms with Gasteiger partial charge in [-0.3, -0.25) is 4.57 Å². The lowest BCUT2D eigenvalue weighted by Gasteiger charge is -2.09. The highest BCUT2D eigenvalue weighted by Gasteiger charge is 2.29. The third-order valence-corrected chi connectivity index (χ3v) is 8.12. The van der Waals surface area contributed by atoms with Crippen molar-refractivity contribution < 1.29 is 57.8 Å². The summed E-state index contributed by atoms with van der Waals surface area (Å²) >= 11 is 0. The van der Waals surface area contributed by atoms with Crippen molar-refractivity contribution in [2.75, 3.05) is 26.4 Å². The fraction of sp³-hybridized carbons (Fsp3) is 0.220. The topological polar surface area (TPSA) is 221 Å². The molecule has 0 aliphatic rings. The highest BCUT2D eigenvalue weighted by molar-refractivity contribution is 5.94.